The molecule has 12 heavy (non-hydrogen) atoms. The first-order chi connectivity index (χ1) is 5.92. The second-order valence-corrected chi connectivity index (χ2v) is 4.01. The summed E-state index contributed by atoms with van der Waals surface area (Å²) in [5.41, 5.74) is 0. The molecule has 1 nitrogen and oxygen atoms in total. The van der Waals surface area contributed by atoms with Crippen molar-refractivity contribution >= 4 is 0 Å². The molecule has 1 saturated heterocycles. The lowest BCUT2D eigenvalue weighted by Crippen LogP contribution is -2.47. The number of nitrogens with zero attached hydrogens (tertiary/aromatic N) is 1. The van der Waals surface area contributed by atoms with Crippen LogP contribution in [0.3, 0.4) is 0 Å². The highest BCUT2D eigenvalue weighted by Crippen LogP contribution is 2.27. The van der Waals surface area contributed by atoms with E-state index < -0.39 is 0 Å². The van der Waals surface area contributed by atoms with Crippen LogP contribution in [0.15, 0.2) is 12.2 Å². The molecular weight excluding hydrogens is 146 g/mol. The third-order valence-corrected chi connectivity index (χ3v) is 3.32. The predicted molar refractivity (Wildman–Crippen MR) is 52.2 cm³/mol. The molecule has 2 atom stereocenters. The first-order valence-electron chi connectivity index (χ1n) is 5.34. The quantitative estimate of drug-likeness (QED) is 0.540. The van der Waals surface area contributed by atoms with Gasteiger partial charge in [-0.15, -0.1) is 0 Å². The van der Waals surface area contributed by atoms with Gasteiger partial charge in [0.15, 0.2) is 0 Å². The van der Waals surface area contributed by atoms with Crippen molar-refractivity contribution in [3.05, 3.63) is 12.2 Å². The van der Waals surface area contributed by atoms with Crippen LogP contribution >= 0.6 is 0 Å². The molecule has 2 unspecified atom stereocenters. The number of rotatable bonds is 1. The van der Waals surface area contributed by atoms with E-state index in [0.717, 1.165) is 12.1 Å². The third kappa shape index (κ3) is 1.42. The van der Waals surface area contributed by atoms with Gasteiger partial charge in [0, 0.05) is 18.6 Å². The number of hydrogen-bond donors (Lipinski definition) is 0. The molecule has 0 aromatic rings. The lowest BCUT2D eigenvalue weighted by Gasteiger charge is -2.42. The second kappa shape index (κ2) is 3.61. The van der Waals surface area contributed by atoms with E-state index in [4.69, 9.17) is 0 Å². The van der Waals surface area contributed by atoms with Crippen molar-refractivity contribution in [1.29, 1.82) is 0 Å². The fraction of sp³-hybridized carbons (Fsp3) is 0.818. The largest absolute Gasteiger partial charge is 0.294 e. The Hall–Kier alpha value is -0.300. The monoisotopic (exact) mass is 165 g/mol. The van der Waals surface area contributed by atoms with Crippen molar-refractivity contribution < 1.29 is 0 Å². The zero-order chi connectivity index (χ0) is 8.39. The lowest BCUT2D eigenvalue weighted by molar-refractivity contribution is 0.101. The molecule has 0 N–H and O–H groups in total. The minimum atomic E-state index is 0.789. The summed E-state index contributed by atoms with van der Waals surface area (Å²) in [7, 11) is 0. The van der Waals surface area contributed by atoms with Gasteiger partial charge in [-0.1, -0.05) is 25.5 Å². The highest BCUT2D eigenvalue weighted by Gasteiger charge is 2.28. The van der Waals surface area contributed by atoms with Gasteiger partial charge in [0.25, 0.3) is 0 Å². The molecule has 0 bridgehead atoms. The number of piperidine rings is 1. The molecule has 2 aliphatic rings. The van der Waals surface area contributed by atoms with Crippen LogP contribution in [0.5, 0.6) is 0 Å². The van der Waals surface area contributed by atoms with Crippen molar-refractivity contribution in [2.24, 2.45) is 0 Å². The van der Waals surface area contributed by atoms with Gasteiger partial charge in [0.2, 0.25) is 0 Å². The first-order valence-corrected chi connectivity index (χ1v) is 5.34. The van der Waals surface area contributed by atoms with E-state index in [1.165, 1.54) is 38.6 Å². The van der Waals surface area contributed by atoms with E-state index in [-0.39, 0.29) is 0 Å². The molecule has 0 aromatic carbocycles. The van der Waals surface area contributed by atoms with Crippen molar-refractivity contribution in [3.8, 4) is 0 Å². The van der Waals surface area contributed by atoms with Crippen molar-refractivity contribution in [2.75, 3.05) is 6.54 Å². The van der Waals surface area contributed by atoms with E-state index >= 15 is 0 Å². The van der Waals surface area contributed by atoms with Crippen LogP contribution in [-0.2, 0) is 0 Å². The fourth-order valence-corrected chi connectivity index (χ4v) is 2.64. The van der Waals surface area contributed by atoms with Gasteiger partial charge in [-0.3, -0.25) is 4.90 Å². The lowest BCUT2D eigenvalue weighted by atomic mass is 9.91. The molecule has 2 rings (SSSR count). The highest BCUT2D eigenvalue weighted by atomic mass is 15.2. The molecule has 0 aromatic heterocycles. The molecule has 0 saturated carbocycles. The van der Waals surface area contributed by atoms with Crippen molar-refractivity contribution in [2.45, 2.75) is 51.1 Å². The molecule has 2 heterocycles. The van der Waals surface area contributed by atoms with Crippen LogP contribution in [0, 0.1) is 0 Å². The van der Waals surface area contributed by atoms with Crippen molar-refractivity contribution in [1.82, 2.24) is 4.90 Å². The van der Waals surface area contributed by atoms with Crippen LogP contribution in [0.2, 0.25) is 0 Å². The summed E-state index contributed by atoms with van der Waals surface area (Å²) >= 11 is 0. The molecule has 2 aliphatic heterocycles. The van der Waals surface area contributed by atoms with Crippen LogP contribution < -0.4 is 0 Å². The van der Waals surface area contributed by atoms with Crippen LogP contribution in [0.25, 0.3) is 0 Å². The van der Waals surface area contributed by atoms with Gasteiger partial charge in [-0.25, -0.2) is 0 Å². The topological polar surface area (TPSA) is 3.24 Å². The Morgan fingerprint density at radius 2 is 2.33 bits per heavy atom. The Labute approximate surface area is 75.4 Å². The smallest absolute Gasteiger partial charge is 0.0281 e. The Balaban J connectivity index is 2.06. The Morgan fingerprint density at radius 3 is 3.17 bits per heavy atom. The maximum absolute atomic E-state index is 2.71. The predicted octanol–water partition coefficient (Wildman–Crippen LogP) is 2.58. The molecule has 0 radical (unpaired) electrons. The van der Waals surface area contributed by atoms with Gasteiger partial charge in [-0.2, -0.15) is 0 Å². The number of fused-ring (bicyclic) bond motifs is 1. The van der Waals surface area contributed by atoms with E-state index in [0.29, 0.717) is 0 Å². The zero-order valence-electron chi connectivity index (χ0n) is 8.00. The first kappa shape index (κ1) is 8.31. The average molecular weight is 165 g/mol. The summed E-state index contributed by atoms with van der Waals surface area (Å²) in [6.45, 7) is 3.63. The fourth-order valence-electron chi connectivity index (χ4n) is 2.64. The summed E-state index contributed by atoms with van der Waals surface area (Å²) in [6.07, 6.45) is 11.7. The van der Waals surface area contributed by atoms with Crippen LogP contribution in [-0.4, -0.2) is 23.5 Å². The Kier molecular flexibility index (Phi) is 2.50. The average Bonchev–Trinajstić information content (AvgIpc) is 2.17. The molecule has 1 heteroatoms. The molecule has 0 spiro atoms. The Morgan fingerprint density at radius 1 is 1.42 bits per heavy atom. The minimum Gasteiger partial charge on any atom is -0.294 e. The summed E-state index contributed by atoms with van der Waals surface area (Å²) in [6, 6.07) is 1.67. The zero-order valence-corrected chi connectivity index (χ0v) is 8.00. The SMILES string of the molecule is CCC1CCCC2C=CCCN21. The van der Waals surface area contributed by atoms with E-state index in [9.17, 15) is 0 Å². The normalized spacial score (nSPS) is 36.4. The highest BCUT2D eigenvalue weighted by molar-refractivity contribution is 5.02. The molecule has 68 valence electrons. The molecular formula is C11H19N. The van der Waals surface area contributed by atoms with E-state index in [1.54, 1.807) is 0 Å². The van der Waals surface area contributed by atoms with Crippen molar-refractivity contribution in [3.63, 3.8) is 0 Å². The molecule has 1 fully saturated rings. The van der Waals surface area contributed by atoms with Gasteiger partial charge in [0.05, 0.1) is 0 Å². The summed E-state index contributed by atoms with van der Waals surface area (Å²) < 4.78 is 0. The summed E-state index contributed by atoms with van der Waals surface area (Å²) in [5.74, 6) is 0. The van der Waals surface area contributed by atoms with E-state index in [1.807, 2.05) is 0 Å². The second-order valence-electron chi connectivity index (χ2n) is 4.01. The van der Waals surface area contributed by atoms with Crippen LogP contribution in [0.1, 0.15) is 39.0 Å². The third-order valence-electron chi connectivity index (χ3n) is 3.32. The molecule has 0 amide bonds. The minimum absolute atomic E-state index is 0.789. The number of hydrogen-bond acceptors (Lipinski definition) is 1. The standard InChI is InChI=1S/C11H19N/c1-2-10-7-5-8-11-6-3-4-9-12(10)11/h3,6,10-11H,2,4-5,7-9H2,1H3. The van der Waals surface area contributed by atoms with Gasteiger partial charge in [-0.05, 0) is 25.7 Å². The maximum atomic E-state index is 2.71. The van der Waals surface area contributed by atoms with Gasteiger partial charge in [0.1, 0.15) is 0 Å². The van der Waals surface area contributed by atoms with Gasteiger partial charge < -0.3 is 0 Å². The van der Waals surface area contributed by atoms with E-state index in [2.05, 4.69) is 24.0 Å². The maximum Gasteiger partial charge on any atom is 0.0281 e. The Bertz CT molecular complexity index is 174. The summed E-state index contributed by atoms with van der Waals surface area (Å²) in [5, 5.41) is 0. The molecule has 0 aliphatic carbocycles. The van der Waals surface area contributed by atoms with Gasteiger partial charge >= 0.3 is 0 Å². The summed E-state index contributed by atoms with van der Waals surface area (Å²) in [4.78, 5) is 2.71. The van der Waals surface area contributed by atoms with Crippen LogP contribution in [0.4, 0.5) is 0 Å².